The molecule has 0 bridgehead atoms. The molecule has 1 aromatic rings. The minimum absolute atomic E-state index is 0.180. The van der Waals surface area contributed by atoms with Crippen LogP contribution in [-0.4, -0.2) is 50.6 Å². The lowest BCUT2D eigenvalue weighted by atomic mass is 9.96. The first-order chi connectivity index (χ1) is 9.82. The van der Waals surface area contributed by atoms with Crippen LogP contribution in [0.1, 0.15) is 19.8 Å². The molecule has 2 rings (SSSR count). The molecule has 118 valence electrons. The van der Waals surface area contributed by atoms with Crippen LogP contribution in [0, 0.1) is 0 Å². The molecule has 0 aliphatic carbocycles. The Kier molecular flexibility index (Phi) is 4.92. The Morgan fingerprint density at radius 2 is 2.24 bits per heavy atom. The lowest BCUT2D eigenvalue weighted by Crippen LogP contribution is -2.49. The summed E-state index contributed by atoms with van der Waals surface area (Å²) < 4.78 is 33.4. The average molecular weight is 378 g/mol. The first-order valence-electron chi connectivity index (χ1n) is 6.71. The Hall–Kier alpha value is -0.700. The zero-order valence-electron chi connectivity index (χ0n) is 12.4. The number of piperidine rings is 1. The number of hydrogen-bond donors (Lipinski definition) is 1. The van der Waals surface area contributed by atoms with Crippen LogP contribution in [0.25, 0.3) is 0 Å². The summed E-state index contributed by atoms with van der Waals surface area (Å²) in [5.41, 5.74) is -0.440. The summed E-state index contributed by atoms with van der Waals surface area (Å²) in [6, 6.07) is 1.58. The molecule has 0 spiro atoms. The molecule has 1 aliphatic heterocycles. The lowest BCUT2D eigenvalue weighted by molar-refractivity contribution is -0.0319. The van der Waals surface area contributed by atoms with Crippen molar-refractivity contribution in [3.8, 4) is 0 Å². The maximum absolute atomic E-state index is 12.9. The van der Waals surface area contributed by atoms with Crippen LogP contribution in [0.5, 0.6) is 0 Å². The molecule has 1 unspecified atom stereocenters. The van der Waals surface area contributed by atoms with Crippen LogP contribution in [0.2, 0.25) is 0 Å². The van der Waals surface area contributed by atoms with E-state index in [1.807, 2.05) is 6.92 Å². The molecule has 2 heterocycles. The predicted molar refractivity (Wildman–Crippen MR) is 84.9 cm³/mol. The second kappa shape index (κ2) is 6.20. The predicted octanol–water partition coefficient (Wildman–Crippen LogP) is 2.08. The highest BCUT2D eigenvalue weighted by atomic mass is 79.9. The molecule has 1 aliphatic rings. The number of halogens is 1. The van der Waals surface area contributed by atoms with E-state index in [0.29, 0.717) is 23.4 Å². The molecular formula is C13H20BrN3O3S. The Morgan fingerprint density at radius 1 is 1.52 bits per heavy atom. The first kappa shape index (κ1) is 16.7. The van der Waals surface area contributed by atoms with Gasteiger partial charge in [0.1, 0.15) is 10.7 Å². The van der Waals surface area contributed by atoms with Gasteiger partial charge in [0.25, 0.3) is 0 Å². The summed E-state index contributed by atoms with van der Waals surface area (Å²) >= 11 is 3.28. The Bertz CT molecular complexity index is 623. The Labute approximate surface area is 134 Å². The van der Waals surface area contributed by atoms with Gasteiger partial charge in [-0.2, -0.15) is 4.31 Å². The number of nitrogens with one attached hydrogen (secondary N) is 1. The van der Waals surface area contributed by atoms with Crippen molar-refractivity contribution in [3.63, 3.8) is 0 Å². The van der Waals surface area contributed by atoms with Crippen LogP contribution >= 0.6 is 15.9 Å². The van der Waals surface area contributed by atoms with Crippen molar-refractivity contribution in [2.24, 2.45) is 0 Å². The van der Waals surface area contributed by atoms with E-state index in [0.717, 1.165) is 12.8 Å². The molecule has 1 N–H and O–H groups in total. The molecule has 1 fully saturated rings. The summed E-state index contributed by atoms with van der Waals surface area (Å²) in [7, 11) is -0.332. The fraction of sp³-hybridized carbons (Fsp3) is 0.615. The van der Waals surface area contributed by atoms with Crippen molar-refractivity contribution < 1.29 is 13.2 Å². The van der Waals surface area contributed by atoms with Crippen molar-refractivity contribution in [1.82, 2.24) is 9.29 Å². The maximum atomic E-state index is 12.9. The molecule has 1 aromatic heterocycles. The van der Waals surface area contributed by atoms with Gasteiger partial charge in [-0.05, 0) is 41.8 Å². The zero-order valence-corrected chi connectivity index (χ0v) is 14.8. The van der Waals surface area contributed by atoms with E-state index in [1.54, 1.807) is 26.4 Å². The highest BCUT2D eigenvalue weighted by Crippen LogP contribution is 2.31. The van der Waals surface area contributed by atoms with E-state index in [1.165, 1.54) is 4.31 Å². The van der Waals surface area contributed by atoms with E-state index in [-0.39, 0.29) is 4.90 Å². The summed E-state index contributed by atoms with van der Waals surface area (Å²) in [5, 5.41) is 2.83. The van der Waals surface area contributed by atoms with Gasteiger partial charge < -0.3 is 10.1 Å². The highest BCUT2D eigenvalue weighted by Gasteiger charge is 2.38. The van der Waals surface area contributed by atoms with Gasteiger partial charge >= 0.3 is 0 Å². The first-order valence-corrected chi connectivity index (χ1v) is 8.94. The fourth-order valence-electron chi connectivity index (χ4n) is 2.48. The number of anilines is 1. The van der Waals surface area contributed by atoms with Gasteiger partial charge in [0.2, 0.25) is 10.0 Å². The summed E-state index contributed by atoms with van der Waals surface area (Å²) in [5.74, 6) is 0.350. The normalized spacial score (nSPS) is 24.0. The topological polar surface area (TPSA) is 71.5 Å². The molecule has 6 nitrogen and oxygen atoms in total. The van der Waals surface area contributed by atoms with Gasteiger partial charge in [0.15, 0.2) is 0 Å². The molecule has 1 saturated heterocycles. The van der Waals surface area contributed by atoms with E-state index in [2.05, 4.69) is 26.2 Å². The number of pyridine rings is 1. The lowest BCUT2D eigenvalue weighted by Gasteiger charge is -2.38. The SMILES string of the molecule is CNc1ncc(Br)cc1S(=O)(=O)N1CCCC(C)(OC)C1. The highest BCUT2D eigenvalue weighted by molar-refractivity contribution is 9.10. The number of rotatable bonds is 4. The monoisotopic (exact) mass is 377 g/mol. The number of methoxy groups -OCH3 is 1. The molecule has 21 heavy (non-hydrogen) atoms. The third kappa shape index (κ3) is 3.39. The standard InChI is InChI=1S/C13H20BrN3O3S/c1-13(20-3)5-4-6-17(9-13)21(18,19)11-7-10(14)8-16-12(11)15-2/h7-8H,4-6,9H2,1-3H3,(H,15,16). The number of hydrogen-bond acceptors (Lipinski definition) is 5. The van der Waals surface area contributed by atoms with E-state index >= 15 is 0 Å². The number of nitrogens with zero attached hydrogens (tertiary/aromatic N) is 2. The molecule has 8 heteroatoms. The van der Waals surface area contributed by atoms with Crippen molar-refractivity contribution in [1.29, 1.82) is 0 Å². The zero-order chi connectivity index (χ0) is 15.7. The van der Waals surface area contributed by atoms with E-state index in [9.17, 15) is 8.42 Å². The van der Waals surface area contributed by atoms with Crippen molar-refractivity contribution in [3.05, 3.63) is 16.7 Å². The summed E-state index contributed by atoms with van der Waals surface area (Å²) in [4.78, 5) is 4.30. The summed E-state index contributed by atoms with van der Waals surface area (Å²) in [6.07, 6.45) is 3.20. The van der Waals surface area contributed by atoms with Gasteiger partial charge in [0, 0.05) is 37.9 Å². The quantitative estimate of drug-likeness (QED) is 0.869. The van der Waals surface area contributed by atoms with Crippen LogP contribution < -0.4 is 5.32 Å². The van der Waals surface area contributed by atoms with E-state index < -0.39 is 15.6 Å². The van der Waals surface area contributed by atoms with Crippen LogP contribution in [-0.2, 0) is 14.8 Å². The summed E-state index contributed by atoms with van der Waals surface area (Å²) in [6.45, 7) is 2.78. The molecule has 0 saturated carbocycles. The van der Waals surface area contributed by atoms with Crippen LogP contribution in [0.3, 0.4) is 0 Å². The third-order valence-corrected chi connectivity index (χ3v) is 6.08. The van der Waals surface area contributed by atoms with Crippen molar-refractivity contribution in [2.75, 3.05) is 32.6 Å². The molecule has 0 amide bonds. The van der Waals surface area contributed by atoms with Gasteiger partial charge in [0.05, 0.1) is 5.60 Å². The minimum Gasteiger partial charge on any atom is -0.377 e. The molecule has 1 atom stereocenters. The third-order valence-electron chi connectivity index (χ3n) is 3.79. The number of ether oxygens (including phenoxy) is 1. The average Bonchev–Trinajstić information content (AvgIpc) is 2.47. The van der Waals surface area contributed by atoms with E-state index in [4.69, 9.17) is 4.74 Å². The van der Waals surface area contributed by atoms with Crippen molar-refractivity contribution >= 4 is 31.8 Å². The number of sulfonamides is 1. The van der Waals surface area contributed by atoms with Crippen molar-refractivity contribution in [2.45, 2.75) is 30.3 Å². The Balaban J connectivity index is 2.40. The van der Waals surface area contributed by atoms with Gasteiger partial charge in [-0.1, -0.05) is 0 Å². The second-order valence-corrected chi connectivity index (χ2v) is 8.17. The van der Waals surface area contributed by atoms with Gasteiger partial charge in [-0.15, -0.1) is 0 Å². The minimum atomic E-state index is -3.61. The molecular weight excluding hydrogens is 358 g/mol. The fourth-order valence-corrected chi connectivity index (χ4v) is 4.72. The molecule has 0 radical (unpaired) electrons. The van der Waals surface area contributed by atoms with Gasteiger partial charge in [-0.3, -0.25) is 0 Å². The van der Waals surface area contributed by atoms with Gasteiger partial charge in [-0.25, -0.2) is 13.4 Å². The Morgan fingerprint density at radius 3 is 2.86 bits per heavy atom. The van der Waals surface area contributed by atoms with Crippen LogP contribution in [0.4, 0.5) is 5.82 Å². The largest absolute Gasteiger partial charge is 0.377 e. The smallest absolute Gasteiger partial charge is 0.246 e. The molecule has 0 aromatic carbocycles. The number of aromatic nitrogens is 1. The maximum Gasteiger partial charge on any atom is 0.246 e. The van der Waals surface area contributed by atoms with Crippen LogP contribution in [0.15, 0.2) is 21.6 Å². The second-order valence-electron chi connectivity index (χ2n) is 5.35.